The number of hydrogen-bond donors (Lipinski definition) is 1. The van der Waals surface area contributed by atoms with Crippen LogP contribution in [0.25, 0.3) is 0 Å². The molecule has 3 aromatic carbocycles. The highest BCUT2D eigenvalue weighted by Gasteiger charge is 2.29. The molecular weight excluding hydrogens is 458 g/mol. The number of carbonyl (C=O) groups is 1. The second kappa shape index (κ2) is 9.41. The summed E-state index contributed by atoms with van der Waals surface area (Å²) in [5, 5.41) is 3.15. The normalized spacial score (nSPS) is 13.5. The van der Waals surface area contributed by atoms with E-state index < -0.39 is 23.3 Å². The SMILES string of the molecule is CN1Cc2ccc(CNCc3c(F)cc(F)cc3F)cc2N(Cc2c(F)cccc2Cl)C1=O. The highest BCUT2D eigenvalue weighted by atomic mass is 35.5. The van der Waals surface area contributed by atoms with Crippen LogP contribution in [-0.4, -0.2) is 18.0 Å². The van der Waals surface area contributed by atoms with Gasteiger partial charge in [-0.3, -0.25) is 4.90 Å². The van der Waals surface area contributed by atoms with Gasteiger partial charge in [-0.05, 0) is 29.3 Å². The van der Waals surface area contributed by atoms with Gasteiger partial charge in [-0.25, -0.2) is 22.4 Å². The molecule has 1 N–H and O–H groups in total. The molecule has 9 heteroatoms. The van der Waals surface area contributed by atoms with E-state index in [0.29, 0.717) is 24.4 Å². The number of carbonyl (C=O) groups excluding carboxylic acids is 1. The first kappa shape index (κ1) is 23.1. The van der Waals surface area contributed by atoms with Gasteiger partial charge >= 0.3 is 6.03 Å². The highest BCUT2D eigenvalue weighted by molar-refractivity contribution is 6.31. The molecule has 0 saturated carbocycles. The molecule has 33 heavy (non-hydrogen) atoms. The smallest absolute Gasteiger partial charge is 0.323 e. The predicted molar refractivity (Wildman–Crippen MR) is 118 cm³/mol. The monoisotopic (exact) mass is 477 g/mol. The molecule has 0 bridgehead atoms. The Morgan fingerprint density at radius 3 is 2.36 bits per heavy atom. The largest absolute Gasteiger partial charge is 0.324 e. The topological polar surface area (TPSA) is 35.6 Å². The van der Waals surface area contributed by atoms with Crippen molar-refractivity contribution < 1.29 is 22.4 Å². The van der Waals surface area contributed by atoms with Gasteiger partial charge in [-0.15, -0.1) is 0 Å². The summed E-state index contributed by atoms with van der Waals surface area (Å²) < 4.78 is 55.2. The highest BCUT2D eigenvalue weighted by Crippen LogP contribution is 2.32. The maximum absolute atomic E-state index is 14.4. The lowest BCUT2D eigenvalue weighted by atomic mass is 10.0. The van der Waals surface area contributed by atoms with Crippen LogP contribution >= 0.6 is 11.6 Å². The Labute approximate surface area is 193 Å². The molecule has 0 saturated heterocycles. The summed E-state index contributed by atoms with van der Waals surface area (Å²) in [5.41, 5.74) is 2.17. The van der Waals surface area contributed by atoms with Gasteiger partial charge in [0.15, 0.2) is 0 Å². The van der Waals surface area contributed by atoms with Crippen LogP contribution in [0, 0.1) is 23.3 Å². The van der Waals surface area contributed by atoms with Crippen molar-refractivity contribution in [3.63, 3.8) is 0 Å². The summed E-state index contributed by atoms with van der Waals surface area (Å²) >= 11 is 6.17. The van der Waals surface area contributed by atoms with E-state index in [-0.39, 0.29) is 41.8 Å². The zero-order valence-corrected chi connectivity index (χ0v) is 18.4. The standard InChI is InChI=1S/C24H20ClF4N3O/c1-31-12-15-6-5-14(10-30-11-17-21(28)8-16(26)9-22(17)29)7-23(15)32(24(31)33)13-18-19(25)3-2-4-20(18)27/h2-9,30H,10-13H2,1H3. The van der Waals surface area contributed by atoms with E-state index in [1.54, 1.807) is 19.2 Å². The first-order valence-corrected chi connectivity index (χ1v) is 10.5. The number of benzene rings is 3. The number of fused-ring (bicyclic) bond motifs is 1. The van der Waals surface area contributed by atoms with Crippen molar-refractivity contribution in [3.8, 4) is 0 Å². The van der Waals surface area contributed by atoms with Crippen molar-refractivity contribution >= 4 is 23.3 Å². The van der Waals surface area contributed by atoms with Gasteiger partial charge in [-0.1, -0.05) is 29.8 Å². The van der Waals surface area contributed by atoms with Crippen LogP contribution in [0.5, 0.6) is 0 Å². The van der Waals surface area contributed by atoms with Crippen molar-refractivity contribution in [1.82, 2.24) is 10.2 Å². The Balaban J connectivity index is 1.56. The quantitative estimate of drug-likeness (QED) is 0.458. The number of nitrogens with zero attached hydrogens (tertiary/aromatic N) is 2. The Morgan fingerprint density at radius 2 is 1.67 bits per heavy atom. The second-order valence-corrected chi connectivity index (χ2v) is 8.25. The molecule has 4 nitrogen and oxygen atoms in total. The van der Waals surface area contributed by atoms with Crippen LogP contribution in [0.1, 0.15) is 22.3 Å². The van der Waals surface area contributed by atoms with E-state index in [4.69, 9.17) is 11.6 Å². The summed E-state index contributed by atoms with van der Waals surface area (Å²) in [7, 11) is 1.66. The molecule has 0 fully saturated rings. The Bertz CT molecular complexity index is 1180. The molecule has 0 radical (unpaired) electrons. The molecular formula is C24H20ClF4N3O. The minimum atomic E-state index is -0.979. The first-order chi connectivity index (χ1) is 15.7. The molecule has 0 aliphatic carbocycles. The number of anilines is 1. The van der Waals surface area contributed by atoms with Crippen LogP contribution in [-0.2, 0) is 26.2 Å². The van der Waals surface area contributed by atoms with Gasteiger partial charge in [0, 0.05) is 55.0 Å². The molecule has 1 heterocycles. The lowest BCUT2D eigenvalue weighted by molar-refractivity contribution is 0.210. The van der Waals surface area contributed by atoms with E-state index in [2.05, 4.69) is 5.32 Å². The molecule has 0 aromatic heterocycles. The van der Waals surface area contributed by atoms with Crippen molar-refractivity contribution in [2.75, 3.05) is 11.9 Å². The summed E-state index contributed by atoms with van der Waals surface area (Å²) in [6, 6.07) is 10.8. The van der Waals surface area contributed by atoms with E-state index in [9.17, 15) is 22.4 Å². The van der Waals surface area contributed by atoms with Crippen molar-refractivity contribution in [2.45, 2.75) is 26.2 Å². The lowest BCUT2D eigenvalue weighted by Crippen LogP contribution is -2.45. The molecule has 172 valence electrons. The zero-order chi connectivity index (χ0) is 23.7. The Kier molecular flexibility index (Phi) is 6.58. The van der Waals surface area contributed by atoms with Gasteiger partial charge < -0.3 is 10.2 Å². The summed E-state index contributed by atoms with van der Waals surface area (Å²) in [6.45, 7) is 0.424. The molecule has 0 spiro atoms. The van der Waals surface area contributed by atoms with Crippen LogP contribution < -0.4 is 10.2 Å². The molecule has 1 aliphatic heterocycles. The summed E-state index contributed by atoms with van der Waals surface area (Å²) in [4.78, 5) is 15.9. The van der Waals surface area contributed by atoms with E-state index >= 15 is 0 Å². The molecule has 4 rings (SSSR count). The summed E-state index contributed by atoms with van der Waals surface area (Å²) in [6.07, 6.45) is 0. The Hall–Kier alpha value is -3.10. The summed E-state index contributed by atoms with van der Waals surface area (Å²) in [5.74, 6) is -3.42. The molecule has 3 aromatic rings. The van der Waals surface area contributed by atoms with E-state index in [1.165, 1.54) is 21.9 Å². The van der Waals surface area contributed by atoms with Crippen LogP contribution in [0.15, 0.2) is 48.5 Å². The fraction of sp³-hybridized carbons (Fsp3) is 0.208. The van der Waals surface area contributed by atoms with E-state index in [1.807, 2.05) is 12.1 Å². The third kappa shape index (κ3) is 4.82. The lowest BCUT2D eigenvalue weighted by Gasteiger charge is -2.35. The average Bonchev–Trinajstić information content (AvgIpc) is 2.75. The van der Waals surface area contributed by atoms with Crippen LogP contribution in [0.2, 0.25) is 5.02 Å². The third-order valence-corrected chi connectivity index (χ3v) is 5.87. The number of amides is 2. The fourth-order valence-electron chi connectivity index (χ4n) is 3.80. The van der Waals surface area contributed by atoms with Gasteiger partial charge in [-0.2, -0.15) is 0 Å². The van der Waals surface area contributed by atoms with E-state index in [0.717, 1.165) is 11.1 Å². The number of nitrogens with one attached hydrogen (secondary N) is 1. The minimum Gasteiger partial charge on any atom is -0.323 e. The Morgan fingerprint density at radius 1 is 0.939 bits per heavy atom. The van der Waals surface area contributed by atoms with Crippen LogP contribution in [0.4, 0.5) is 28.0 Å². The number of urea groups is 1. The van der Waals surface area contributed by atoms with Crippen LogP contribution in [0.3, 0.4) is 0 Å². The first-order valence-electron chi connectivity index (χ1n) is 10.2. The zero-order valence-electron chi connectivity index (χ0n) is 17.6. The molecule has 2 amide bonds. The van der Waals surface area contributed by atoms with Gasteiger partial charge in [0.25, 0.3) is 0 Å². The maximum Gasteiger partial charge on any atom is 0.324 e. The van der Waals surface area contributed by atoms with Gasteiger partial charge in [0.05, 0.1) is 12.2 Å². The number of hydrogen-bond acceptors (Lipinski definition) is 2. The maximum atomic E-state index is 14.4. The average molecular weight is 478 g/mol. The third-order valence-electron chi connectivity index (χ3n) is 5.52. The molecule has 1 aliphatic rings. The van der Waals surface area contributed by atoms with Gasteiger partial charge in [0.2, 0.25) is 0 Å². The van der Waals surface area contributed by atoms with Crippen molar-refractivity contribution in [3.05, 3.63) is 99.1 Å². The second-order valence-electron chi connectivity index (χ2n) is 7.84. The fourth-order valence-corrected chi connectivity index (χ4v) is 4.03. The number of halogens is 5. The predicted octanol–water partition coefficient (Wildman–Crippen LogP) is 5.76. The minimum absolute atomic E-state index is 0.0510. The van der Waals surface area contributed by atoms with Crippen molar-refractivity contribution in [2.24, 2.45) is 0 Å². The molecule has 0 unspecified atom stereocenters. The van der Waals surface area contributed by atoms with Gasteiger partial charge in [0.1, 0.15) is 23.3 Å². The number of rotatable bonds is 6. The molecule has 0 atom stereocenters. The van der Waals surface area contributed by atoms with Crippen molar-refractivity contribution in [1.29, 1.82) is 0 Å².